The first-order chi connectivity index (χ1) is 9.84. The van der Waals surface area contributed by atoms with Crippen molar-refractivity contribution in [1.82, 2.24) is 0 Å². The fourth-order valence-electron chi connectivity index (χ4n) is 1.96. The van der Waals surface area contributed by atoms with Crippen molar-refractivity contribution in [1.29, 1.82) is 0 Å². The van der Waals surface area contributed by atoms with Gasteiger partial charge in [0.2, 0.25) is 0 Å². The van der Waals surface area contributed by atoms with Crippen LogP contribution < -0.4 is 0 Å². The summed E-state index contributed by atoms with van der Waals surface area (Å²) in [5, 5.41) is 0. The Bertz CT molecular complexity index is 409. The van der Waals surface area contributed by atoms with Crippen molar-refractivity contribution in [3.8, 4) is 0 Å². The minimum absolute atomic E-state index is 0.190. The van der Waals surface area contributed by atoms with Crippen molar-refractivity contribution in [2.75, 3.05) is 0 Å². The highest BCUT2D eigenvalue weighted by Crippen LogP contribution is 2.38. The minimum Gasteiger partial charge on any atom is -0.393 e. The van der Waals surface area contributed by atoms with Gasteiger partial charge in [-0.3, -0.25) is 9.59 Å². The molecule has 1 aliphatic rings. The molecule has 0 N–H and O–H groups in total. The summed E-state index contributed by atoms with van der Waals surface area (Å²) in [7, 11) is 0. The first kappa shape index (κ1) is 19.4. The van der Waals surface area contributed by atoms with E-state index in [1.54, 1.807) is 6.08 Å². The van der Waals surface area contributed by atoms with Gasteiger partial charge in [0.05, 0.1) is 12.3 Å². The summed E-state index contributed by atoms with van der Waals surface area (Å²) in [5.74, 6) is -0.542. The van der Waals surface area contributed by atoms with E-state index in [1.807, 2.05) is 26.8 Å². The number of allylic oxidation sites excluding steroid dienone is 4. The second-order valence-corrected chi connectivity index (χ2v) is 5.63. The third-order valence-electron chi connectivity index (χ3n) is 4.04. The third kappa shape index (κ3) is 6.11. The first-order valence-electron chi connectivity index (χ1n) is 7.46. The van der Waals surface area contributed by atoms with Gasteiger partial charge in [0.1, 0.15) is 0 Å². The first-order valence-corrected chi connectivity index (χ1v) is 7.46. The summed E-state index contributed by atoms with van der Waals surface area (Å²) < 4.78 is 4.50. The number of hydrogen-bond donors (Lipinski definition) is 0. The van der Waals surface area contributed by atoms with Crippen LogP contribution in [0.2, 0.25) is 0 Å². The molecule has 1 fully saturated rings. The molecule has 1 heterocycles. The number of esters is 2. The molecule has 3 nitrogen and oxygen atoms in total. The number of carbonyl (C=O) groups is 2. The zero-order chi connectivity index (χ0) is 16.5. The van der Waals surface area contributed by atoms with Crippen molar-refractivity contribution in [2.45, 2.75) is 47.0 Å². The fourth-order valence-corrected chi connectivity index (χ4v) is 1.96. The Hall–Kier alpha value is -1.64. The molecule has 21 heavy (non-hydrogen) atoms. The van der Waals surface area contributed by atoms with E-state index in [2.05, 4.69) is 37.0 Å². The molecule has 3 heteroatoms. The molecule has 0 bridgehead atoms. The van der Waals surface area contributed by atoms with Crippen LogP contribution in [-0.4, -0.2) is 11.9 Å². The predicted octanol–water partition coefficient (Wildman–Crippen LogP) is 4.45. The summed E-state index contributed by atoms with van der Waals surface area (Å²) >= 11 is 0. The molecule has 0 saturated carbocycles. The molecule has 0 aliphatic carbocycles. The van der Waals surface area contributed by atoms with E-state index >= 15 is 0 Å². The van der Waals surface area contributed by atoms with Gasteiger partial charge in [-0.15, -0.1) is 13.2 Å². The Balaban J connectivity index is 0.000000433. The molecule has 118 valence electrons. The van der Waals surface area contributed by atoms with Gasteiger partial charge in [-0.1, -0.05) is 45.1 Å². The van der Waals surface area contributed by atoms with E-state index in [4.69, 9.17) is 0 Å². The molecular weight excluding hydrogens is 264 g/mol. The van der Waals surface area contributed by atoms with E-state index in [0.717, 1.165) is 12.8 Å². The number of rotatable bonds is 6. The molecule has 0 amide bonds. The van der Waals surface area contributed by atoms with Gasteiger partial charge in [-0.25, -0.2) is 0 Å². The summed E-state index contributed by atoms with van der Waals surface area (Å²) in [6, 6.07) is 0. The largest absolute Gasteiger partial charge is 0.393 e. The second kappa shape index (κ2) is 9.32. The van der Waals surface area contributed by atoms with Crippen LogP contribution in [0.25, 0.3) is 0 Å². The highest BCUT2D eigenvalue weighted by atomic mass is 16.6. The third-order valence-corrected chi connectivity index (χ3v) is 4.04. The highest BCUT2D eigenvalue weighted by Gasteiger charge is 2.43. The normalized spacial score (nSPS) is 22.0. The molecule has 1 aliphatic heterocycles. The molecule has 3 unspecified atom stereocenters. The van der Waals surface area contributed by atoms with E-state index in [1.165, 1.54) is 0 Å². The van der Waals surface area contributed by atoms with Crippen LogP contribution >= 0.6 is 0 Å². The molecule has 0 aromatic rings. The Kier molecular flexibility index (Phi) is 8.60. The Morgan fingerprint density at radius 2 is 2.05 bits per heavy atom. The lowest BCUT2D eigenvalue weighted by molar-refractivity contribution is -0.154. The molecule has 0 radical (unpaired) electrons. The van der Waals surface area contributed by atoms with E-state index in [9.17, 15) is 9.59 Å². The lowest BCUT2D eigenvalue weighted by Crippen LogP contribution is -2.27. The fraction of sp³-hybridized carbons (Fsp3) is 0.556. The van der Waals surface area contributed by atoms with Crippen LogP contribution in [0.15, 0.2) is 37.5 Å². The zero-order valence-electron chi connectivity index (χ0n) is 13.7. The SMILES string of the molecule is C=CC(C)(CC)C1CC(=O)OC1=O.C=CC(C)CC=CC. The zero-order valence-corrected chi connectivity index (χ0v) is 13.7. The molecule has 1 saturated heterocycles. The number of hydrogen-bond acceptors (Lipinski definition) is 3. The van der Waals surface area contributed by atoms with Crippen molar-refractivity contribution in [2.24, 2.45) is 17.3 Å². The van der Waals surface area contributed by atoms with Crippen molar-refractivity contribution >= 4 is 11.9 Å². The maximum absolute atomic E-state index is 11.3. The van der Waals surface area contributed by atoms with Gasteiger partial charge < -0.3 is 4.74 Å². The summed E-state index contributed by atoms with van der Waals surface area (Å²) in [6.45, 7) is 15.5. The van der Waals surface area contributed by atoms with Gasteiger partial charge >= 0.3 is 11.9 Å². The molecular formula is C18H28O3. The lowest BCUT2D eigenvalue weighted by Gasteiger charge is -2.27. The summed E-state index contributed by atoms with van der Waals surface area (Å²) in [5.41, 5.74) is -0.316. The monoisotopic (exact) mass is 292 g/mol. The predicted molar refractivity (Wildman–Crippen MR) is 86.6 cm³/mol. The van der Waals surface area contributed by atoms with Crippen LogP contribution in [0.1, 0.15) is 47.0 Å². The molecule has 3 atom stereocenters. The number of carbonyl (C=O) groups excluding carboxylic acids is 2. The lowest BCUT2D eigenvalue weighted by atomic mass is 9.74. The Morgan fingerprint density at radius 3 is 2.38 bits per heavy atom. The van der Waals surface area contributed by atoms with E-state index < -0.39 is 11.9 Å². The molecule has 0 aromatic carbocycles. The van der Waals surface area contributed by atoms with Gasteiger partial charge in [0.15, 0.2) is 0 Å². The highest BCUT2D eigenvalue weighted by molar-refractivity contribution is 5.95. The topological polar surface area (TPSA) is 43.4 Å². The van der Waals surface area contributed by atoms with Crippen molar-refractivity contribution in [3.63, 3.8) is 0 Å². The molecule has 0 aromatic heterocycles. The summed E-state index contributed by atoms with van der Waals surface area (Å²) in [6.07, 6.45) is 10.0. The van der Waals surface area contributed by atoms with E-state index in [-0.39, 0.29) is 17.8 Å². The van der Waals surface area contributed by atoms with Gasteiger partial charge in [0, 0.05) is 0 Å². The number of cyclic esters (lactones) is 2. The van der Waals surface area contributed by atoms with E-state index in [0.29, 0.717) is 5.92 Å². The maximum Gasteiger partial charge on any atom is 0.318 e. The number of ether oxygens (including phenoxy) is 1. The van der Waals surface area contributed by atoms with Gasteiger partial charge in [-0.05, 0) is 31.1 Å². The maximum atomic E-state index is 11.3. The van der Waals surface area contributed by atoms with Gasteiger partial charge in [-0.2, -0.15) is 0 Å². The summed E-state index contributed by atoms with van der Waals surface area (Å²) in [4.78, 5) is 22.1. The quantitative estimate of drug-likeness (QED) is 0.412. The second-order valence-electron chi connectivity index (χ2n) is 5.63. The van der Waals surface area contributed by atoms with Crippen LogP contribution in [0, 0.1) is 17.3 Å². The minimum atomic E-state index is -0.420. The average Bonchev–Trinajstić information content (AvgIpc) is 2.83. The van der Waals surface area contributed by atoms with Crippen LogP contribution in [-0.2, 0) is 14.3 Å². The van der Waals surface area contributed by atoms with Crippen molar-refractivity contribution < 1.29 is 14.3 Å². The smallest absolute Gasteiger partial charge is 0.318 e. The molecule has 0 spiro atoms. The average molecular weight is 292 g/mol. The van der Waals surface area contributed by atoms with Crippen LogP contribution in [0.3, 0.4) is 0 Å². The standard InChI is InChI=1S/C10H14O3.C8H14/c1-4-10(3,5-2)7-6-8(11)13-9(7)12;1-4-6-7-8(3)5-2/h4,7H,1,5-6H2,2-3H3;4-6,8H,2,7H2,1,3H3. The van der Waals surface area contributed by atoms with Crippen LogP contribution in [0.5, 0.6) is 0 Å². The van der Waals surface area contributed by atoms with Gasteiger partial charge in [0.25, 0.3) is 0 Å². The van der Waals surface area contributed by atoms with Crippen LogP contribution in [0.4, 0.5) is 0 Å². The molecule has 1 rings (SSSR count). The Morgan fingerprint density at radius 1 is 1.43 bits per heavy atom. The Labute approximate surface area is 128 Å². The van der Waals surface area contributed by atoms with Crippen molar-refractivity contribution in [3.05, 3.63) is 37.5 Å².